The molecule has 0 bridgehead atoms. The normalized spacial score (nSPS) is 14.3. The van der Waals surface area contributed by atoms with Gasteiger partial charge in [0.2, 0.25) is 0 Å². The van der Waals surface area contributed by atoms with Gasteiger partial charge in [-0.25, -0.2) is 15.0 Å². The number of hydrogen-bond acceptors (Lipinski definition) is 5. The van der Waals surface area contributed by atoms with Gasteiger partial charge in [0.1, 0.15) is 23.8 Å². The first-order valence-corrected chi connectivity index (χ1v) is 9.62. The van der Waals surface area contributed by atoms with Gasteiger partial charge in [-0.1, -0.05) is 30.3 Å². The number of rotatable bonds is 6. The third-order valence-electron chi connectivity index (χ3n) is 5.09. The van der Waals surface area contributed by atoms with Crippen molar-refractivity contribution in [2.24, 2.45) is 0 Å². The average Bonchev–Trinajstić information content (AvgIpc) is 3.16. The van der Waals surface area contributed by atoms with Crippen molar-refractivity contribution >= 4 is 11.6 Å². The summed E-state index contributed by atoms with van der Waals surface area (Å²) in [4.78, 5) is 18.0. The summed E-state index contributed by atoms with van der Waals surface area (Å²) in [6, 6.07) is 12.6. The van der Waals surface area contributed by atoms with Crippen LogP contribution in [0.1, 0.15) is 30.7 Å². The summed E-state index contributed by atoms with van der Waals surface area (Å²) < 4.78 is 2.19. The van der Waals surface area contributed by atoms with Crippen LogP contribution in [0.25, 0.3) is 0 Å². The largest absolute Gasteiger partial charge is 0.356 e. The maximum absolute atomic E-state index is 4.56. The molecule has 0 saturated carbocycles. The van der Waals surface area contributed by atoms with Crippen LogP contribution in [0.3, 0.4) is 0 Å². The van der Waals surface area contributed by atoms with Crippen molar-refractivity contribution in [1.82, 2.24) is 19.5 Å². The second kappa shape index (κ2) is 8.20. The Bertz CT molecular complexity index is 854. The zero-order valence-electron chi connectivity index (χ0n) is 15.8. The molecule has 3 heterocycles. The molecule has 1 saturated heterocycles. The number of imidazole rings is 1. The highest BCUT2D eigenvalue weighted by Gasteiger charge is 2.15. The van der Waals surface area contributed by atoms with Gasteiger partial charge in [-0.2, -0.15) is 0 Å². The number of hydrogen-bond donors (Lipinski definition) is 0. The molecular weight excluding hydrogens is 336 g/mol. The van der Waals surface area contributed by atoms with E-state index in [1.54, 1.807) is 6.33 Å². The molecule has 1 aliphatic heterocycles. The van der Waals surface area contributed by atoms with Crippen molar-refractivity contribution < 1.29 is 0 Å². The predicted octanol–water partition coefficient (Wildman–Crippen LogP) is 3.35. The highest BCUT2D eigenvalue weighted by Crippen LogP contribution is 2.21. The molecule has 140 valence electrons. The maximum Gasteiger partial charge on any atom is 0.134 e. The van der Waals surface area contributed by atoms with Gasteiger partial charge in [-0.05, 0) is 24.8 Å². The van der Waals surface area contributed by atoms with Crippen molar-refractivity contribution in [2.75, 3.05) is 29.9 Å². The smallest absolute Gasteiger partial charge is 0.134 e. The fourth-order valence-corrected chi connectivity index (χ4v) is 3.55. The molecule has 0 radical (unpaired) electrons. The first-order valence-electron chi connectivity index (χ1n) is 9.62. The van der Waals surface area contributed by atoms with Crippen LogP contribution in [0.2, 0.25) is 0 Å². The molecule has 3 aromatic rings. The van der Waals surface area contributed by atoms with E-state index in [9.17, 15) is 0 Å². The van der Waals surface area contributed by atoms with Gasteiger partial charge in [-0.3, -0.25) is 0 Å². The SMILES string of the molecule is CN(Cc1nccn1Cc1ccccc1)c1cc(N2CCCCC2)ncn1. The first-order chi connectivity index (χ1) is 13.3. The minimum atomic E-state index is 0.705. The molecule has 0 aliphatic carbocycles. The fraction of sp³-hybridized carbons (Fsp3) is 0.381. The lowest BCUT2D eigenvalue weighted by Crippen LogP contribution is -2.30. The van der Waals surface area contributed by atoms with Crippen LogP contribution in [0.4, 0.5) is 11.6 Å². The zero-order valence-corrected chi connectivity index (χ0v) is 15.8. The third kappa shape index (κ3) is 4.27. The van der Waals surface area contributed by atoms with E-state index in [0.29, 0.717) is 6.54 Å². The molecular formula is C21H26N6. The Labute approximate surface area is 160 Å². The van der Waals surface area contributed by atoms with Gasteiger partial charge in [0.05, 0.1) is 6.54 Å². The molecule has 0 spiro atoms. The third-order valence-corrected chi connectivity index (χ3v) is 5.09. The Balaban J connectivity index is 1.47. The van der Waals surface area contributed by atoms with Gasteiger partial charge in [0, 0.05) is 45.1 Å². The van der Waals surface area contributed by atoms with Crippen LogP contribution in [0.15, 0.2) is 55.1 Å². The summed E-state index contributed by atoms with van der Waals surface area (Å²) in [5, 5.41) is 0. The highest BCUT2D eigenvalue weighted by molar-refractivity contribution is 5.49. The number of benzene rings is 1. The van der Waals surface area contributed by atoms with Crippen LogP contribution in [-0.2, 0) is 13.1 Å². The van der Waals surface area contributed by atoms with E-state index < -0.39 is 0 Å². The minimum Gasteiger partial charge on any atom is -0.356 e. The molecule has 27 heavy (non-hydrogen) atoms. The molecule has 0 N–H and O–H groups in total. The van der Waals surface area contributed by atoms with Gasteiger partial charge in [0.15, 0.2) is 0 Å². The molecule has 0 amide bonds. The van der Waals surface area contributed by atoms with E-state index in [1.165, 1.54) is 24.8 Å². The topological polar surface area (TPSA) is 50.1 Å². The summed E-state index contributed by atoms with van der Waals surface area (Å²) in [6.45, 7) is 3.70. The number of nitrogens with zero attached hydrogens (tertiary/aromatic N) is 6. The van der Waals surface area contributed by atoms with Gasteiger partial charge in [0.25, 0.3) is 0 Å². The van der Waals surface area contributed by atoms with Crippen molar-refractivity contribution in [2.45, 2.75) is 32.4 Å². The highest BCUT2D eigenvalue weighted by atomic mass is 15.2. The average molecular weight is 362 g/mol. The molecule has 1 fully saturated rings. The lowest BCUT2D eigenvalue weighted by molar-refractivity contribution is 0.573. The molecule has 4 rings (SSSR count). The van der Waals surface area contributed by atoms with Crippen LogP contribution in [0, 0.1) is 0 Å². The molecule has 1 aromatic carbocycles. The number of piperidine rings is 1. The van der Waals surface area contributed by atoms with Crippen LogP contribution in [0.5, 0.6) is 0 Å². The maximum atomic E-state index is 4.56. The van der Waals surface area contributed by atoms with E-state index in [-0.39, 0.29) is 0 Å². The Morgan fingerprint density at radius 3 is 2.63 bits per heavy atom. The fourth-order valence-electron chi connectivity index (χ4n) is 3.55. The van der Waals surface area contributed by atoms with Gasteiger partial charge < -0.3 is 14.4 Å². The quantitative estimate of drug-likeness (QED) is 0.673. The van der Waals surface area contributed by atoms with E-state index in [0.717, 1.165) is 37.1 Å². The minimum absolute atomic E-state index is 0.705. The van der Waals surface area contributed by atoms with Crippen LogP contribution >= 0.6 is 0 Å². The van der Waals surface area contributed by atoms with Crippen molar-refractivity contribution in [3.63, 3.8) is 0 Å². The Morgan fingerprint density at radius 2 is 1.81 bits per heavy atom. The monoisotopic (exact) mass is 362 g/mol. The number of anilines is 2. The second-order valence-electron chi connectivity index (χ2n) is 7.10. The standard InChI is InChI=1S/C21H26N6/c1-25(19-14-20(24-17-23-19)26-11-6-3-7-12-26)16-21-22-10-13-27(21)15-18-8-4-2-5-9-18/h2,4-5,8-10,13-14,17H,3,6-7,11-12,15-16H2,1H3. The Morgan fingerprint density at radius 1 is 1.00 bits per heavy atom. The summed E-state index contributed by atoms with van der Waals surface area (Å²) in [7, 11) is 2.06. The molecule has 6 nitrogen and oxygen atoms in total. The summed E-state index contributed by atoms with van der Waals surface area (Å²) >= 11 is 0. The lowest BCUT2D eigenvalue weighted by atomic mass is 10.1. The van der Waals surface area contributed by atoms with Gasteiger partial charge >= 0.3 is 0 Å². The van der Waals surface area contributed by atoms with Crippen molar-refractivity contribution in [1.29, 1.82) is 0 Å². The van der Waals surface area contributed by atoms with Gasteiger partial charge in [-0.15, -0.1) is 0 Å². The lowest BCUT2D eigenvalue weighted by Gasteiger charge is -2.28. The first kappa shape index (κ1) is 17.5. The molecule has 6 heteroatoms. The van der Waals surface area contributed by atoms with Crippen molar-refractivity contribution in [3.05, 3.63) is 66.5 Å². The predicted molar refractivity (Wildman–Crippen MR) is 108 cm³/mol. The second-order valence-corrected chi connectivity index (χ2v) is 7.10. The van der Waals surface area contributed by atoms with E-state index in [4.69, 9.17) is 0 Å². The summed E-state index contributed by atoms with van der Waals surface area (Å²) in [5.41, 5.74) is 1.27. The number of aromatic nitrogens is 4. The van der Waals surface area contributed by atoms with E-state index >= 15 is 0 Å². The zero-order chi connectivity index (χ0) is 18.5. The van der Waals surface area contributed by atoms with E-state index in [2.05, 4.69) is 66.7 Å². The molecule has 0 atom stereocenters. The molecule has 2 aromatic heterocycles. The van der Waals surface area contributed by atoms with E-state index in [1.807, 2.05) is 18.5 Å². The summed E-state index contributed by atoms with van der Waals surface area (Å²) in [5.74, 6) is 2.98. The molecule has 1 aliphatic rings. The Kier molecular flexibility index (Phi) is 5.32. The van der Waals surface area contributed by atoms with Crippen LogP contribution < -0.4 is 9.80 Å². The summed E-state index contributed by atoms with van der Waals surface area (Å²) in [6.07, 6.45) is 9.38. The van der Waals surface area contributed by atoms with Crippen molar-refractivity contribution in [3.8, 4) is 0 Å². The molecule has 0 unspecified atom stereocenters. The Hall–Kier alpha value is -2.89. The van der Waals surface area contributed by atoms with Crippen LogP contribution in [-0.4, -0.2) is 39.7 Å².